The van der Waals surface area contributed by atoms with Gasteiger partial charge in [0.05, 0.1) is 5.56 Å². The van der Waals surface area contributed by atoms with E-state index in [4.69, 9.17) is 22.0 Å². The number of amides is 1. The molecule has 4 N–H and O–H groups in total. The highest BCUT2D eigenvalue weighted by atomic mass is 35.5. The smallest absolute Gasteiger partial charge is 0.395 e. The summed E-state index contributed by atoms with van der Waals surface area (Å²) in [4.78, 5) is 11.8. The number of hydrogen-bond acceptors (Lipinski definition) is 4. The van der Waals surface area contributed by atoms with Crippen LogP contribution in [0, 0.1) is 0 Å². The van der Waals surface area contributed by atoms with Gasteiger partial charge >= 0.3 is 7.62 Å². The molecule has 0 bridgehead atoms. The average molecular weight is 269 g/mol. The van der Waals surface area contributed by atoms with Gasteiger partial charge in [0, 0.05) is 24.4 Å². The number of carbonyl (C=O) groups is 1. The largest absolute Gasteiger partial charge is 0.427 e. The first-order valence-corrected chi connectivity index (χ1v) is 5.94. The van der Waals surface area contributed by atoms with Crippen molar-refractivity contribution in [1.29, 1.82) is 0 Å². The number of nitrogens with two attached hydrogens (primary N) is 1. The standard InChI is InChI=1S/C11H16BClN3O2/c1-18-12-16-6-2-5-15-11(17)9-4-3-8(13)7-10(9)14/h3-4,7,16H,2,5-6,14H2,1H3,(H,15,17). The van der Waals surface area contributed by atoms with Crippen LogP contribution in [0.4, 0.5) is 5.69 Å². The van der Waals surface area contributed by atoms with Gasteiger partial charge in [-0.3, -0.25) is 4.79 Å². The summed E-state index contributed by atoms with van der Waals surface area (Å²) in [5, 5.41) is 6.22. The van der Waals surface area contributed by atoms with E-state index in [2.05, 4.69) is 10.5 Å². The number of benzene rings is 1. The van der Waals surface area contributed by atoms with Crippen molar-refractivity contribution in [3.05, 3.63) is 28.8 Å². The van der Waals surface area contributed by atoms with Gasteiger partial charge in [-0.25, -0.2) is 0 Å². The third-order valence-electron chi connectivity index (χ3n) is 2.24. The SMILES string of the molecule is CO[B]NCCCNC(=O)c1ccc(Cl)cc1N. The van der Waals surface area contributed by atoms with Crippen LogP contribution in [0.2, 0.25) is 5.02 Å². The normalized spacial score (nSPS) is 10.1. The molecule has 1 aromatic rings. The summed E-state index contributed by atoms with van der Waals surface area (Å²) >= 11 is 5.76. The van der Waals surface area contributed by atoms with E-state index in [0.717, 1.165) is 13.0 Å². The molecule has 7 heteroatoms. The van der Waals surface area contributed by atoms with Gasteiger partial charge in [-0.05, 0) is 31.2 Å². The first-order valence-electron chi connectivity index (χ1n) is 5.56. The summed E-state index contributed by atoms with van der Waals surface area (Å²) in [5.41, 5.74) is 6.53. The zero-order chi connectivity index (χ0) is 13.4. The molecule has 0 aliphatic carbocycles. The molecule has 0 saturated carbocycles. The van der Waals surface area contributed by atoms with Crippen molar-refractivity contribution in [2.75, 3.05) is 25.9 Å². The molecule has 0 heterocycles. The quantitative estimate of drug-likeness (QED) is 0.389. The fourth-order valence-corrected chi connectivity index (χ4v) is 1.55. The van der Waals surface area contributed by atoms with Crippen molar-refractivity contribution < 1.29 is 9.45 Å². The van der Waals surface area contributed by atoms with Crippen molar-refractivity contribution in [2.24, 2.45) is 0 Å². The molecule has 0 atom stereocenters. The molecule has 1 amide bonds. The Labute approximate surface area is 112 Å². The molecule has 0 aliphatic heterocycles. The minimum atomic E-state index is -0.195. The van der Waals surface area contributed by atoms with E-state index in [1.165, 1.54) is 7.62 Å². The monoisotopic (exact) mass is 268 g/mol. The first kappa shape index (κ1) is 14.8. The van der Waals surface area contributed by atoms with Crippen molar-refractivity contribution in [3.63, 3.8) is 0 Å². The highest BCUT2D eigenvalue weighted by molar-refractivity contribution is 6.31. The Balaban J connectivity index is 2.32. The molecule has 0 unspecified atom stereocenters. The van der Waals surface area contributed by atoms with Gasteiger partial charge < -0.3 is 20.9 Å². The second-order valence-corrected chi connectivity index (χ2v) is 4.09. The lowest BCUT2D eigenvalue weighted by Gasteiger charge is -2.08. The highest BCUT2D eigenvalue weighted by Crippen LogP contribution is 2.17. The topological polar surface area (TPSA) is 76.4 Å². The van der Waals surface area contributed by atoms with Gasteiger partial charge in [-0.15, -0.1) is 0 Å². The van der Waals surface area contributed by atoms with E-state index in [-0.39, 0.29) is 5.91 Å². The van der Waals surface area contributed by atoms with E-state index in [0.29, 0.717) is 22.8 Å². The summed E-state index contributed by atoms with van der Waals surface area (Å²) in [7, 11) is 3.07. The molecule has 0 aromatic heterocycles. The zero-order valence-electron chi connectivity index (χ0n) is 10.2. The fourth-order valence-electron chi connectivity index (χ4n) is 1.37. The second-order valence-electron chi connectivity index (χ2n) is 3.65. The molecule has 0 aliphatic rings. The Morgan fingerprint density at radius 1 is 1.50 bits per heavy atom. The third kappa shape index (κ3) is 4.95. The van der Waals surface area contributed by atoms with E-state index in [9.17, 15) is 4.79 Å². The summed E-state index contributed by atoms with van der Waals surface area (Å²) in [6.45, 7) is 1.29. The van der Waals surface area contributed by atoms with Crippen molar-refractivity contribution in [1.82, 2.24) is 10.5 Å². The molecule has 97 valence electrons. The lowest BCUT2D eigenvalue weighted by molar-refractivity contribution is 0.0954. The maximum absolute atomic E-state index is 11.8. The maximum Gasteiger partial charge on any atom is 0.395 e. The molecule has 1 rings (SSSR count). The summed E-state index contributed by atoms with van der Waals surface area (Å²) in [6, 6.07) is 4.82. The number of halogens is 1. The number of hydrogen-bond donors (Lipinski definition) is 3. The summed E-state index contributed by atoms with van der Waals surface area (Å²) < 4.78 is 4.71. The van der Waals surface area contributed by atoms with Gasteiger partial charge in [0.1, 0.15) is 0 Å². The average Bonchev–Trinajstić information content (AvgIpc) is 2.33. The second kappa shape index (κ2) is 7.97. The molecule has 5 nitrogen and oxygen atoms in total. The van der Waals surface area contributed by atoms with Crippen LogP contribution in [0.1, 0.15) is 16.8 Å². The predicted molar refractivity (Wildman–Crippen MR) is 73.6 cm³/mol. The van der Waals surface area contributed by atoms with Gasteiger partial charge in [0.25, 0.3) is 5.91 Å². The van der Waals surface area contributed by atoms with Crippen LogP contribution in [-0.4, -0.2) is 33.7 Å². The van der Waals surface area contributed by atoms with Gasteiger partial charge in [-0.2, -0.15) is 0 Å². The van der Waals surface area contributed by atoms with E-state index in [1.54, 1.807) is 25.3 Å². The van der Waals surface area contributed by atoms with Crippen molar-refractivity contribution in [3.8, 4) is 0 Å². The van der Waals surface area contributed by atoms with Gasteiger partial charge in [0.2, 0.25) is 0 Å². The predicted octanol–water partition coefficient (Wildman–Crippen LogP) is 0.812. The van der Waals surface area contributed by atoms with Crippen molar-refractivity contribution in [2.45, 2.75) is 6.42 Å². The summed E-state index contributed by atoms with van der Waals surface area (Å²) in [5.74, 6) is -0.195. The number of rotatable bonds is 7. The van der Waals surface area contributed by atoms with Crippen LogP contribution in [0.15, 0.2) is 18.2 Å². The number of nitrogens with one attached hydrogen (secondary N) is 2. The Hall–Kier alpha value is -1.24. The molecule has 0 saturated heterocycles. The van der Waals surface area contributed by atoms with E-state index >= 15 is 0 Å². The molecule has 18 heavy (non-hydrogen) atoms. The lowest BCUT2D eigenvalue weighted by Crippen LogP contribution is -2.29. The first-order chi connectivity index (χ1) is 8.65. The molecular weight excluding hydrogens is 252 g/mol. The number of anilines is 1. The molecule has 1 radical (unpaired) electrons. The third-order valence-corrected chi connectivity index (χ3v) is 2.48. The lowest BCUT2D eigenvalue weighted by atomic mass is 10.1. The summed E-state index contributed by atoms with van der Waals surface area (Å²) in [6.07, 6.45) is 0.791. The fraction of sp³-hybridized carbons (Fsp3) is 0.364. The Bertz CT molecular complexity index is 404. The van der Waals surface area contributed by atoms with E-state index < -0.39 is 0 Å². The van der Waals surface area contributed by atoms with Crippen LogP contribution in [-0.2, 0) is 4.65 Å². The number of carbonyl (C=O) groups excluding carboxylic acids is 1. The van der Waals surface area contributed by atoms with Gasteiger partial charge in [-0.1, -0.05) is 11.6 Å². The van der Waals surface area contributed by atoms with Crippen LogP contribution in [0.3, 0.4) is 0 Å². The van der Waals surface area contributed by atoms with Crippen LogP contribution >= 0.6 is 11.6 Å². The highest BCUT2D eigenvalue weighted by Gasteiger charge is 2.08. The van der Waals surface area contributed by atoms with Crippen LogP contribution in [0.25, 0.3) is 0 Å². The Morgan fingerprint density at radius 2 is 2.28 bits per heavy atom. The molecule has 0 spiro atoms. The molecule has 0 fully saturated rings. The zero-order valence-corrected chi connectivity index (χ0v) is 11.0. The van der Waals surface area contributed by atoms with Crippen LogP contribution in [0.5, 0.6) is 0 Å². The molecular formula is C11H16BClN3O2. The van der Waals surface area contributed by atoms with E-state index in [1.807, 2.05) is 0 Å². The minimum Gasteiger partial charge on any atom is -0.427 e. The van der Waals surface area contributed by atoms with Crippen molar-refractivity contribution >= 4 is 30.8 Å². The van der Waals surface area contributed by atoms with Crippen LogP contribution < -0.4 is 16.3 Å². The Morgan fingerprint density at radius 3 is 2.94 bits per heavy atom. The number of nitrogen functional groups attached to an aromatic ring is 1. The van der Waals surface area contributed by atoms with Gasteiger partial charge in [0.15, 0.2) is 0 Å². The molecule has 1 aromatic carbocycles. The maximum atomic E-state index is 11.8. The Kier molecular flexibility index (Phi) is 6.56. The minimum absolute atomic E-state index is 0.195.